The predicted octanol–water partition coefficient (Wildman–Crippen LogP) is 2.74. The Morgan fingerprint density at radius 1 is 1.30 bits per heavy atom. The second-order valence-corrected chi connectivity index (χ2v) is 6.26. The maximum absolute atomic E-state index is 13.5. The van der Waals surface area contributed by atoms with Gasteiger partial charge in [-0.25, -0.2) is 9.48 Å². The Labute approximate surface area is 153 Å². The number of anilines is 1. The number of carbonyl (C=O) groups is 2. The standard InChI is InChI=1S/C17H19F3N4O3/c1-4-27-14(25)12-9-22-24(13(12)17(18,19)20)11-7-5-6-10(8-11)23-15(26)16(2,3)21/h5-9H,4,21H2,1-3H3,(H,23,26). The number of benzene rings is 1. The topological polar surface area (TPSA) is 99.2 Å². The molecule has 1 aromatic heterocycles. The maximum Gasteiger partial charge on any atom is 0.434 e. The third kappa shape index (κ3) is 4.64. The van der Waals surface area contributed by atoms with Crippen LogP contribution in [0, 0.1) is 0 Å². The van der Waals surface area contributed by atoms with Gasteiger partial charge in [0.25, 0.3) is 0 Å². The van der Waals surface area contributed by atoms with Crippen LogP contribution in [0.15, 0.2) is 30.5 Å². The van der Waals surface area contributed by atoms with E-state index in [1.807, 2.05) is 0 Å². The summed E-state index contributed by atoms with van der Waals surface area (Å²) in [6, 6.07) is 5.59. The van der Waals surface area contributed by atoms with E-state index in [-0.39, 0.29) is 18.0 Å². The molecule has 0 saturated heterocycles. The smallest absolute Gasteiger partial charge is 0.434 e. The molecule has 0 saturated carbocycles. The highest BCUT2D eigenvalue weighted by atomic mass is 19.4. The lowest BCUT2D eigenvalue weighted by Crippen LogP contribution is -2.45. The molecule has 0 atom stereocenters. The first kappa shape index (κ1) is 20.4. The number of aromatic nitrogens is 2. The van der Waals surface area contributed by atoms with Gasteiger partial charge in [-0.1, -0.05) is 6.07 Å². The van der Waals surface area contributed by atoms with Crippen LogP contribution in [0.25, 0.3) is 5.69 Å². The number of hydrogen-bond donors (Lipinski definition) is 2. The van der Waals surface area contributed by atoms with E-state index in [1.165, 1.54) is 45.0 Å². The first-order valence-electron chi connectivity index (χ1n) is 7.98. The molecule has 3 N–H and O–H groups in total. The summed E-state index contributed by atoms with van der Waals surface area (Å²) in [4.78, 5) is 23.8. The lowest BCUT2D eigenvalue weighted by Gasteiger charge is -2.18. The molecule has 1 aromatic carbocycles. The Bertz CT molecular complexity index is 854. The van der Waals surface area contributed by atoms with Gasteiger partial charge in [-0.3, -0.25) is 4.79 Å². The van der Waals surface area contributed by atoms with Crippen LogP contribution < -0.4 is 11.1 Å². The fraction of sp³-hybridized carbons (Fsp3) is 0.353. The molecule has 7 nitrogen and oxygen atoms in total. The van der Waals surface area contributed by atoms with Crippen molar-refractivity contribution >= 4 is 17.6 Å². The number of hydrogen-bond acceptors (Lipinski definition) is 5. The number of alkyl halides is 3. The van der Waals surface area contributed by atoms with Gasteiger partial charge in [-0.05, 0) is 39.0 Å². The molecule has 10 heteroatoms. The van der Waals surface area contributed by atoms with Crippen molar-refractivity contribution in [1.29, 1.82) is 0 Å². The summed E-state index contributed by atoms with van der Waals surface area (Å²) >= 11 is 0. The number of carbonyl (C=O) groups excluding carboxylic acids is 2. The second-order valence-electron chi connectivity index (χ2n) is 6.26. The van der Waals surface area contributed by atoms with Crippen LogP contribution >= 0.6 is 0 Å². The molecule has 0 aliphatic rings. The lowest BCUT2D eigenvalue weighted by molar-refractivity contribution is -0.143. The Morgan fingerprint density at radius 2 is 1.96 bits per heavy atom. The molecular weight excluding hydrogens is 365 g/mol. The summed E-state index contributed by atoms with van der Waals surface area (Å²) in [6.45, 7) is 4.40. The van der Waals surface area contributed by atoms with Crippen molar-refractivity contribution in [3.05, 3.63) is 41.7 Å². The fourth-order valence-corrected chi connectivity index (χ4v) is 2.18. The van der Waals surface area contributed by atoms with E-state index >= 15 is 0 Å². The zero-order valence-corrected chi connectivity index (χ0v) is 14.9. The Hall–Kier alpha value is -2.88. The molecule has 146 valence electrons. The number of rotatable bonds is 5. The third-order valence-corrected chi connectivity index (χ3v) is 3.47. The quantitative estimate of drug-likeness (QED) is 0.773. The Morgan fingerprint density at radius 3 is 2.52 bits per heavy atom. The van der Waals surface area contributed by atoms with Crippen LogP contribution in [0.3, 0.4) is 0 Å². The first-order chi connectivity index (χ1) is 12.4. The average Bonchev–Trinajstić information content (AvgIpc) is 3.00. The largest absolute Gasteiger partial charge is 0.462 e. The van der Waals surface area contributed by atoms with Gasteiger partial charge in [0.1, 0.15) is 5.56 Å². The molecule has 0 spiro atoms. The van der Waals surface area contributed by atoms with Crippen molar-refractivity contribution < 1.29 is 27.5 Å². The summed E-state index contributed by atoms with van der Waals surface area (Å²) < 4.78 is 45.9. The summed E-state index contributed by atoms with van der Waals surface area (Å²) in [5.41, 5.74) is 2.81. The van der Waals surface area contributed by atoms with Crippen LogP contribution in [0.4, 0.5) is 18.9 Å². The summed E-state index contributed by atoms with van der Waals surface area (Å²) in [7, 11) is 0. The van der Waals surface area contributed by atoms with Gasteiger partial charge >= 0.3 is 12.1 Å². The summed E-state index contributed by atoms with van der Waals surface area (Å²) in [5.74, 6) is -1.63. The van der Waals surface area contributed by atoms with E-state index in [2.05, 4.69) is 15.2 Å². The Kier molecular flexibility index (Phi) is 5.59. The van der Waals surface area contributed by atoms with E-state index < -0.39 is 34.8 Å². The van der Waals surface area contributed by atoms with Gasteiger partial charge in [0.05, 0.1) is 24.0 Å². The number of amides is 1. The molecule has 1 heterocycles. The van der Waals surface area contributed by atoms with Crippen LogP contribution in [-0.4, -0.2) is 33.8 Å². The van der Waals surface area contributed by atoms with E-state index in [4.69, 9.17) is 5.73 Å². The van der Waals surface area contributed by atoms with Crippen molar-refractivity contribution in [2.75, 3.05) is 11.9 Å². The second kappa shape index (κ2) is 7.39. The number of halogens is 3. The van der Waals surface area contributed by atoms with E-state index in [1.54, 1.807) is 0 Å². The van der Waals surface area contributed by atoms with E-state index in [0.717, 1.165) is 6.20 Å². The molecule has 0 aliphatic heterocycles. The lowest BCUT2D eigenvalue weighted by atomic mass is 10.1. The minimum Gasteiger partial charge on any atom is -0.462 e. The molecule has 0 unspecified atom stereocenters. The van der Waals surface area contributed by atoms with Crippen molar-refractivity contribution in [2.24, 2.45) is 5.73 Å². The highest BCUT2D eigenvalue weighted by Crippen LogP contribution is 2.34. The maximum atomic E-state index is 13.5. The van der Waals surface area contributed by atoms with Crippen LogP contribution in [-0.2, 0) is 15.7 Å². The number of nitrogens with zero attached hydrogens (tertiary/aromatic N) is 2. The molecule has 0 radical (unpaired) electrons. The van der Waals surface area contributed by atoms with Gasteiger partial charge in [0.15, 0.2) is 5.69 Å². The zero-order chi connectivity index (χ0) is 20.4. The van der Waals surface area contributed by atoms with Gasteiger partial charge in [0, 0.05) is 5.69 Å². The number of nitrogens with two attached hydrogens (primary N) is 1. The van der Waals surface area contributed by atoms with Crippen LogP contribution in [0.2, 0.25) is 0 Å². The fourth-order valence-electron chi connectivity index (χ4n) is 2.18. The monoisotopic (exact) mass is 384 g/mol. The predicted molar refractivity (Wildman–Crippen MR) is 91.4 cm³/mol. The summed E-state index contributed by atoms with van der Waals surface area (Å²) in [6.07, 6.45) is -4.05. The minimum atomic E-state index is -4.85. The normalized spacial score (nSPS) is 12.0. The highest BCUT2D eigenvalue weighted by Gasteiger charge is 2.41. The highest BCUT2D eigenvalue weighted by molar-refractivity contribution is 5.97. The molecule has 2 aromatic rings. The number of nitrogens with one attached hydrogen (secondary N) is 1. The summed E-state index contributed by atoms with van der Waals surface area (Å²) in [5, 5.41) is 6.21. The zero-order valence-electron chi connectivity index (χ0n) is 14.9. The molecule has 0 bridgehead atoms. The number of esters is 1. The molecule has 0 aliphatic carbocycles. The van der Waals surface area contributed by atoms with Gasteiger partial charge in [0.2, 0.25) is 5.91 Å². The molecule has 27 heavy (non-hydrogen) atoms. The van der Waals surface area contributed by atoms with Gasteiger partial charge < -0.3 is 15.8 Å². The minimum absolute atomic E-state index is 0.00509. The van der Waals surface area contributed by atoms with Gasteiger partial charge in [-0.15, -0.1) is 0 Å². The molecule has 2 rings (SSSR count). The van der Waals surface area contributed by atoms with E-state index in [0.29, 0.717) is 4.68 Å². The first-order valence-corrected chi connectivity index (χ1v) is 7.98. The van der Waals surface area contributed by atoms with Crippen molar-refractivity contribution in [3.63, 3.8) is 0 Å². The van der Waals surface area contributed by atoms with Crippen molar-refractivity contribution in [3.8, 4) is 5.69 Å². The molecule has 0 fully saturated rings. The number of ether oxygens (including phenoxy) is 1. The van der Waals surface area contributed by atoms with Crippen molar-refractivity contribution in [2.45, 2.75) is 32.5 Å². The Balaban J connectivity index is 2.48. The van der Waals surface area contributed by atoms with Gasteiger partial charge in [-0.2, -0.15) is 18.3 Å². The van der Waals surface area contributed by atoms with Crippen LogP contribution in [0.1, 0.15) is 36.8 Å². The average molecular weight is 384 g/mol. The SMILES string of the molecule is CCOC(=O)c1cnn(-c2cccc(NC(=O)C(C)(C)N)c2)c1C(F)(F)F. The third-order valence-electron chi connectivity index (χ3n) is 3.47. The van der Waals surface area contributed by atoms with E-state index in [9.17, 15) is 22.8 Å². The molecule has 1 amide bonds. The van der Waals surface area contributed by atoms with Crippen molar-refractivity contribution in [1.82, 2.24) is 9.78 Å². The van der Waals surface area contributed by atoms with Crippen LogP contribution in [0.5, 0.6) is 0 Å². The molecular formula is C17H19F3N4O3.